The summed E-state index contributed by atoms with van der Waals surface area (Å²) >= 11 is 0. The molecule has 0 aliphatic heterocycles. The van der Waals surface area contributed by atoms with Crippen LogP contribution in [0.3, 0.4) is 0 Å². The molecule has 0 fully saturated rings. The first-order valence-electron chi connectivity index (χ1n) is 8.44. The molecule has 1 aromatic carbocycles. The predicted molar refractivity (Wildman–Crippen MR) is 94.5 cm³/mol. The van der Waals surface area contributed by atoms with E-state index in [2.05, 4.69) is 4.74 Å². The molecule has 0 bridgehead atoms. The van der Waals surface area contributed by atoms with Crippen LogP contribution in [0.1, 0.15) is 18.4 Å². The van der Waals surface area contributed by atoms with Crippen molar-refractivity contribution in [1.29, 1.82) is 0 Å². The summed E-state index contributed by atoms with van der Waals surface area (Å²) in [5.41, 5.74) is 1.15. The maximum absolute atomic E-state index is 11.6. The number of ketones is 1. The second-order valence-corrected chi connectivity index (χ2v) is 5.71. The van der Waals surface area contributed by atoms with Gasteiger partial charge >= 0.3 is 17.9 Å². The fourth-order valence-electron chi connectivity index (χ4n) is 2.27. The van der Waals surface area contributed by atoms with Gasteiger partial charge in [0.25, 0.3) is 0 Å². The molecule has 0 N–H and O–H groups in total. The highest BCUT2D eigenvalue weighted by molar-refractivity contribution is 6.01. The van der Waals surface area contributed by atoms with Crippen LogP contribution in [-0.2, 0) is 39.8 Å². The van der Waals surface area contributed by atoms with E-state index < -0.39 is 24.5 Å². The Morgan fingerprint density at radius 3 is 2.44 bits per heavy atom. The smallest absolute Gasteiger partial charge is 0.339 e. The lowest BCUT2D eigenvalue weighted by Gasteiger charge is -2.09. The van der Waals surface area contributed by atoms with Gasteiger partial charge in [0, 0.05) is 12.0 Å². The van der Waals surface area contributed by atoms with E-state index in [0.29, 0.717) is 5.57 Å². The molecule has 1 aliphatic rings. The number of allylic oxidation sites excluding steroid dienone is 3. The van der Waals surface area contributed by atoms with Gasteiger partial charge in [-0.3, -0.25) is 14.4 Å². The van der Waals surface area contributed by atoms with Gasteiger partial charge in [0.1, 0.15) is 13.2 Å². The molecule has 0 aromatic heterocycles. The molecule has 0 atom stereocenters. The number of Topliss-reactive ketones (excluding diaryl/α,β-unsaturated/α-hetero) is 1. The molecule has 2 rings (SSSR count). The minimum atomic E-state index is -0.813. The van der Waals surface area contributed by atoms with Crippen molar-refractivity contribution in [3.05, 3.63) is 59.7 Å². The van der Waals surface area contributed by atoms with Crippen LogP contribution in [0.2, 0.25) is 0 Å². The maximum Gasteiger partial charge on any atom is 0.339 e. The highest BCUT2D eigenvalue weighted by Crippen LogP contribution is 2.12. The molecule has 0 radical (unpaired) electrons. The zero-order chi connectivity index (χ0) is 19.5. The zero-order valence-corrected chi connectivity index (χ0v) is 14.7. The molecule has 7 nitrogen and oxygen atoms in total. The van der Waals surface area contributed by atoms with Gasteiger partial charge in [0.05, 0.1) is 19.4 Å². The molecule has 1 aromatic rings. The van der Waals surface area contributed by atoms with Gasteiger partial charge < -0.3 is 14.2 Å². The van der Waals surface area contributed by atoms with Gasteiger partial charge in [0.2, 0.25) is 0 Å². The van der Waals surface area contributed by atoms with Crippen LogP contribution < -0.4 is 0 Å². The van der Waals surface area contributed by atoms with E-state index in [4.69, 9.17) is 9.47 Å². The van der Waals surface area contributed by atoms with E-state index in [1.807, 2.05) is 6.07 Å². The molecule has 0 amide bonds. The van der Waals surface area contributed by atoms with Gasteiger partial charge in [-0.15, -0.1) is 0 Å². The quantitative estimate of drug-likeness (QED) is 0.370. The molecular weight excluding hydrogens is 352 g/mol. The lowest BCUT2D eigenvalue weighted by atomic mass is 10.0. The molecule has 142 valence electrons. The molecule has 0 heterocycles. The van der Waals surface area contributed by atoms with E-state index in [0.717, 1.165) is 5.56 Å². The van der Waals surface area contributed by atoms with Gasteiger partial charge in [-0.25, -0.2) is 4.79 Å². The van der Waals surface area contributed by atoms with Crippen LogP contribution in [0.25, 0.3) is 0 Å². The fourth-order valence-corrected chi connectivity index (χ4v) is 2.27. The van der Waals surface area contributed by atoms with Gasteiger partial charge in [0.15, 0.2) is 5.78 Å². The number of ether oxygens (including phenoxy) is 3. The Morgan fingerprint density at radius 1 is 0.926 bits per heavy atom. The fraction of sp³-hybridized carbons (Fsp3) is 0.300. The normalized spacial score (nSPS) is 13.0. The van der Waals surface area contributed by atoms with Crippen molar-refractivity contribution in [3.8, 4) is 0 Å². The van der Waals surface area contributed by atoms with Crippen molar-refractivity contribution >= 4 is 23.7 Å². The molecule has 0 spiro atoms. The van der Waals surface area contributed by atoms with E-state index >= 15 is 0 Å². The Hall–Kier alpha value is -3.06. The van der Waals surface area contributed by atoms with Crippen LogP contribution in [0, 0.1) is 0 Å². The summed E-state index contributed by atoms with van der Waals surface area (Å²) in [5, 5.41) is 0. The highest BCUT2D eigenvalue weighted by atomic mass is 16.6. The molecular formula is C20H20O7. The van der Waals surface area contributed by atoms with Crippen LogP contribution in [0.4, 0.5) is 0 Å². The zero-order valence-electron chi connectivity index (χ0n) is 14.7. The van der Waals surface area contributed by atoms with Crippen LogP contribution in [-0.4, -0.2) is 43.5 Å². The van der Waals surface area contributed by atoms with Crippen molar-refractivity contribution in [3.63, 3.8) is 0 Å². The van der Waals surface area contributed by atoms with E-state index in [-0.39, 0.29) is 38.3 Å². The van der Waals surface area contributed by atoms with Gasteiger partial charge in [-0.2, -0.15) is 0 Å². The van der Waals surface area contributed by atoms with Crippen LogP contribution in [0.15, 0.2) is 54.1 Å². The predicted octanol–water partition coefficient (Wildman–Crippen LogP) is 1.70. The van der Waals surface area contributed by atoms with E-state index in [1.54, 1.807) is 42.5 Å². The van der Waals surface area contributed by atoms with Crippen molar-refractivity contribution in [2.24, 2.45) is 0 Å². The number of esters is 3. The first-order valence-corrected chi connectivity index (χ1v) is 8.44. The minimum absolute atomic E-state index is 0.00600. The van der Waals surface area contributed by atoms with Crippen LogP contribution in [0.5, 0.6) is 0 Å². The van der Waals surface area contributed by atoms with Gasteiger partial charge in [-0.1, -0.05) is 48.6 Å². The average molecular weight is 372 g/mol. The van der Waals surface area contributed by atoms with Crippen molar-refractivity contribution in [2.45, 2.75) is 19.3 Å². The minimum Gasteiger partial charge on any atom is -0.463 e. The first kappa shape index (κ1) is 20.3. The number of carbonyl (C=O) groups is 4. The molecule has 7 heteroatoms. The van der Waals surface area contributed by atoms with E-state index in [9.17, 15) is 19.2 Å². The monoisotopic (exact) mass is 372 g/mol. The number of hydrogen-bond acceptors (Lipinski definition) is 7. The Kier molecular flexibility index (Phi) is 8.12. The number of rotatable bonds is 9. The average Bonchev–Trinajstić information content (AvgIpc) is 2.64. The third kappa shape index (κ3) is 7.79. The lowest BCUT2D eigenvalue weighted by Crippen LogP contribution is -2.20. The Labute approximate surface area is 156 Å². The molecule has 0 saturated heterocycles. The Balaban J connectivity index is 1.55. The topological polar surface area (TPSA) is 96.0 Å². The first-order chi connectivity index (χ1) is 13.0. The summed E-state index contributed by atoms with van der Waals surface area (Å²) in [6.07, 6.45) is 5.21. The number of carbonyl (C=O) groups excluding carboxylic acids is 4. The third-order valence-electron chi connectivity index (χ3n) is 3.56. The molecule has 1 aliphatic carbocycles. The lowest BCUT2D eigenvalue weighted by molar-refractivity contribution is -0.162. The number of hydrogen-bond donors (Lipinski definition) is 0. The van der Waals surface area contributed by atoms with Crippen LogP contribution >= 0.6 is 0 Å². The maximum atomic E-state index is 11.6. The van der Waals surface area contributed by atoms with Gasteiger partial charge in [-0.05, 0) is 5.56 Å². The summed E-state index contributed by atoms with van der Waals surface area (Å²) < 4.78 is 14.6. The largest absolute Gasteiger partial charge is 0.463 e. The standard InChI is InChI=1S/C20H20O7/c21-17-9-5-4-8-16(17)13-18(22)26-11-10-25-14-20(24)27-19(23)12-15-6-2-1-3-7-15/h1-8H,9-14H2. The Morgan fingerprint density at radius 2 is 1.70 bits per heavy atom. The summed E-state index contributed by atoms with van der Waals surface area (Å²) in [4.78, 5) is 46.3. The number of benzene rings is 1. The van der Waals surface area contributed by atoms with Crippen molar-refractivity contribution in [2.75, 3.05) is 19.8 Å². The SMILES string of the molecule is O=C(CC1=CC=CCC1=O)OCCOCC(=O)OC(=O)Cc1ccccc1. The summed E-state index contributed by atoms with van der Waals surface area (Å²) in [7, 11) is 0. The highest BCUT2D eigenvalue weighted by Gasteiger charge is 2.15. The van der Waals surface area contributed by atoms with Crippen molar-refractivity contribution < 1.29 is 33.4 Å². The van der Waals surface area contributed by atoms with Crippen molar-refractivity contribution in [1.82, 2.24) is 0 Å². The summed E-state index contributed by atoms with van der Waals surface area (Å²) in [6.45, 7) is -0.519. The summed E-state index contributed by atoms with van der Waals surface area (Å²) in [5.74, 6) is -2.13. The molecule has 0 saturated carbocycles. The Bertz CT molecular complexity index is 747. The summed E-state index contributed by atoms with van der Waals surface area (Å²) in [6, 6.07) is 8.90. The second kappa shape index (κ2) is 10.8. The molecule has 0 unspecified atom stereocenters. The molecule has 27 heavy (non-hydrogen) atoms. The van der Waals surface area contributed by atoms with E-state index in [1.165, 1.54) is 0 Å². The second-order valence-electron chi connectivity index (χ2n) is 5.71. The third-order valence-corrected chi connectivity index (χ3v) is 3.56.